The molecule has 0 unspecified atom stereocenters. The summed E-state index contributed by atoms with van der Waals surface area (Å²) in [7, 11) is 0. The highest BCUT2D eigenvalue weighted by Crippen LogP contribution is 2.37. The van der Waals surface area contributed by atoms with Crippen LogP contribution in [-0.2, 0) is 0 Å². The predicted octanol–water partition coefficient (Wildman–Crippen LogP) is 6.40. The van der Waals surface area contributed by atoms with Crippen LogP contribution >= 0.6 is 0 Å². The van der Waals surface area contributed by atoms with Gasteiger partial charge in [-0.25, -0.2) is 4.79 Å². The molecule has 4 aromatic rings. The summed E-state index contributed by atoms with van der Waals surface area (Å²) in [4.78, 5) is 15.6. The van der Waals surface area contributed by atoms with Crippen LogP contribution in [0.25, 0.3) is 33.2 Å². The summed E-state index contributed by atoms with van der Waals surface area (Å²) in [5.74, 6) is 0.872. The monoisotopic (exact) mass is 469 g/mol. The Bertz CT molecular complexity index is 1350. The van der Waals surface area contributed by atoms with Crippen LogP contribution in [0.1, 0.15) is 31.2 Å². The number of aromatic hydroxyl groups is 1. The Labute approximate surface area is 205 Å². The van der Waals surface area contributed by atoms with Gasteiger partial charge in [0.05, 0.1) is 12.2 Å². The van der Waals surface area contributed by atoms with Crippen molar-refractivity contribution in [2.24, 2.45) is 0 Å². The number of benzene rings is 3. The molecule has 3 aromatic carbocycles. The van der Waals surface area contributed by atoms with E-state index in [1.54, 1.807) is 12.1 Å². The minimum Gasteiger partial charge on any atom is -0.508 e. The fraction of sp³-hybridized carbons (Fsp3) is 0.300. The second-order valence-corrected chi connectivity index (χ2v) is 9.31. The second-order valence-electron chi connectivity index (χ2n) is 9.31. The normalized spacial score (nSPS) is 14.3. The van der Waals surface area contributed by atoms with Crippen molar-refractivity contribution < 1.29 is 14.3 Å². The van der Waals surface area contributed by atoms with Gasteiger partial charge in [0.25, 0.3) is 0 Å². The van der Waals surface area contributed by atoms with Gasteiger partial charge in [-0.05, 0) is 74.7 Å². The highest BCUT2D eigenvalue weighted by atomic mass is 16.5. The molecule has 1 fully saturated rings. The Morgan fingerprint density at radius 1 is 0.886 bits per heavy atom. The predicted molar refractivity (Wildman–Crippen MR) is 140 cm³/mol. The van der Waals surface area contributed by atoms with Gasteiger partial charge in [0.1, 0.15) is 17.1 Å². The van der Waals surface area contributed by atoms with E-state index in [1.807, 2.05) is 55.5 Å². The van der Waals surface area contributed by atoms with E-state index in [9.17, 15) is 9.90 Å². The molecular weight excluding hydrogens is 438 g/mol. The quantitative estimate of drug-likeness (QED) is 0.251. The third-order valence-corrected chi connectivity index (χ3v) is 6.71. The van der Waals surface area contributed by atoms with E-state index in [2.05, 4.69) is 4.90 Å². The number of piperidine rings is 1. The van der Waals surface area contributed by atoms with Crippen molar-refractivity contribution in [3.63, 3.8) is 0 Å². The van der Waals surface area contributed by atoms with Gasteiger partial charge in [0.2, 0.25) is 0 Å². The minimum absolute atomic E-state index is 0.0583. The van der Waals surface area contributed by atoms with Gasteiger partial charge < -0.3 is 19.2 Å². The lowest BCUT2D eigenvalue weighted by Crippen LogP contribution is -2.31. The number of nitrogens with zero attached hydrogens (tertiary/aromatic N) is 1. The number of hydrogen-bond acceptors (Lipinski definition) is 5. The largest absolute Gasteiger partial charge is 0.508 e. The molecule has 1 aromatic heterocycles. The molecule has 0 atom stereocenters. The highest BCUT2D eigenvalue weighted by Gasteiger charge is 2.18. The van der Waals surface area contributed by atoms with Crippen molar-refractivity contribution >= 4 is 11.0 Å². The van der Waals surface area contributed by atoms with Gasteiger partial charge in [-0.15, -0.1) is 0 Å². The zero-order valence-electron chi connectivity index (χ0n) is 20.1. The van der Waals surface area contributed by atoms with E-state index in [0.717, 1.165) is 46.4 Å². The van der Waals surface area contributed by atoms with E-state index in [-0.39, 0.29) is 5.75 Å². The van der Waals surface area contributed by atoms with E-state index in [4.69, 9.17) is 9.15 Å². The molecule has 1 saturated heterocycles. The van der Waals surface area contributed by atoms with Crippen LogP contribution in [-0.4, -0.2) is 36.2 Å². The van der Waals surface area contributed by atoms with Crippen molar-refractivity contribution in [2.75, 3.05) is 26.2 Å². The number of aryl methyl sites for hydroxylation is 1. The van der Waals surface area contributed by atoms with E-state index < -0.39 is 5.63 Å². The molecule has 1 aliphatic heterocycles. The maximum atomic E-state index is 13.1. The molecule has 0 spiro atoms. The van der Waals surface area contributed by atoms with Crippen molar-refractivity contribution in [1.29, 1.82) is 0 Å². The zero-order chi connectivity index (χ0) is 24.2. The molecule has 0 radical (unpaired) electrons. The minimum atomic E-state index is -0.431. The Kier molecular flexibility index (Phi) is 6.87. The van der Waals surface area contributed by atoms with Crippen LogP contribution in [0.3, 0.4) is 0 Å². The number of phenols is 1. The first-order chi connectivity index (χ1) is 17.1. The number of phenolic OH excluding ortho intramolecular Hbond substituents is 1. The van der Waals surface area contributed by atoms with Gasteiger partial charge in [0, 0.05) is 23.6 Å². The number of ether oxygens (including phenoxy) is 1. The molecule has 0 aliphatic carbocycles. The Balaban J connectivity index is 1.43. The van der Waals surface area contributed by atoms with E-state index in [1.165, 1.54) is 38.4 Å². The molecule has 5 nitrogen and oxygen atoms in total. The number of fused-ring (bicyclic) bond motifs is 1. The first-order valence-electron chi connectivity index (χ1n) is 12.4. The summed E-state index contributed by atoms with van der Waals surface area (Å²) in [5.41, 5.74) is 4.04. The summed E-state index contributed by atoms with van der Waals surface area (Å²) in [6, 6.07) is 20.6. The third-order valence-electron chi connectivity index (χ3n) is 6.71. The maximum absolute atomic E-state index is 13.1. The van der Waals surface area contributed by atoms with Crippen LogP contribution in [0.4, 0.5) is 0 Å². The standard InChI is InChI=1S/C30H31NO4/c1-21-6-8-23(9-7-21)29-28(26-15-12-24(32)20-27(26)35-30(29)33)22-10-13-25(14-11-22)34-19-5-18-31-16-3-2-4-17-31/h6-15,20,32H,2-5,16-19H2,1H3. The first-order valence-corrected chi connectivity index (χ1v) is 12.4. The first kappa shape index (κ1) is 23.2. The molecule has 0 bridgehead atoms. The van der Waals surface area contributed by atoms with Crippen molar-refractivity contribution in [2.45, 2.75) is 32.6 Å². The van der Waals surface area contributed by atoms with Crippen molar-refractivity contribution in [1.82, 2.24) is 4.90 Å². The van der Waals surface area contributed by atoms with Gasteiger partial charge in [-0.3, -0.25) is 0 Å². The molecule has 1 aliphatic rings. The van der Waals surface area contributed by atoms with Crippen LogP contribution in [0.5, 0.6) is 11.5 Å². The smallest absolute Gasteiger partial charge is 0.344 e. The van der Waals surface area contributed by atoms with Crippen LogP contribution in [0.2, 0.25) is 0 Å². The number of rotatable bonds is 7. The van der Waals surface area contributed by atoms with Gasteiger partial charge in [0.15, 0.2) is 0 Å². The zero-order valence-corrected chi connectivity index (χ0v) is 20.1. The highest BCUT2D eigenvalue weighted by molar-refractivity contribution is 6.01. The Morgan fingerprint density at radius 2 is 1.57 bits per heavy atom. The Hall–Kier alpha value is -3.57. The number of hydrogen-bond donors (Lipinski definition) is 1. The average Bonchev–Trinajstić information content (AvgIpc) is 2.87. The summed E-state index contributed by atoms with van der Waals surface area (Å²) >= 11 is 0. The molecule has 0 saturated carbocycles. The maximum Gasteiger partial charge on any atom is 0.344 e. The SMILES string of the molecule is Cc1ccc(-c2c(-c3ccc(OCCCN4CCCCC4)cc3)c3ccc(O)cc3oc2=O)cc1. The van der Waals surface area contributed by atoms with Crippen molar-refractivity contribution in [3.05, 3.63) is 82.7 Å². The lowest BCUT2D eigenvalue weighted by atomic mass is 9.92. The third kappa shape index (κ3) is 5.25. The Morgan fingerprint density at radius 3 is 2.31 bits per heavy atom. The van der Waals surface area contributed by atoms with Gasteiger partial charge in [-0.2, -0.15) is 0 Å². The van der Waals surface area contributed by atoms with E-state index in [0.29, 0.717) is 17.8 Å². The molecule has 5 rings (SSSR count). The van der Waals surface area contributed by atoms with E-state index >= 15 is 0 Å². The van der Waals surface area contributed by atoms with Crippen molar-refractivity contribution in [3.8, 4) is 33.8 Å². The lowest BCUT2D eigenvalue weighted by molar-refractivity contribution is 0.205. The summed E-state index contributed by atoms with van der Waals surface area (Å²) in [6.45, 7) is 6.18. The molecular formula is C30H31NO4. The lowest BCUT2D eigenvalue weighted by Gasteiger charge is -2.26. The van der Waals surface area contributed by atoms with Gasteiger partial charge >= 0.3 is 5.63 Å². The topological polar surface area (TPSA) is 62.9 Å². The second kappa shape index (κ2) is 10.4. The molecule has 180 valence electrons. The van der Waals surface area contributed by atoms with Crippen LogP contribution in [0.15, 0.2) is 75.9 Å². The molecule has 35 heavy (non-hydrogen) atoms. The van der Waals surface area contributed by atoms with Gasteiger partial charge in [-0.1, -0.05) is 48.4 Å². The average molecular weight is 470 g/mol. The number of likely N-dealkylation sites (tertiary alicyclic amines) is 1. The fourth-order valence-electron chi connectivity index (χ4n) is 4.85. The summed E-state index contributed by atoms with van der Waals surface area (Å²) < 4.78 is 11.6. The molecule has 0 amide bonds. The molecule has 1 N–H and O–H groups in total. The fourth-order valence-corrected chi connectivity index (χ4v) is 4.85. The summed E-state index contributed by atoms with van der Waals surface area (Å²) in [6.07, 6.45) is 4.97. The molecule has 5 heteroatoms. The van der Waals surface area contributed by atoms with Crippen LogP contribution < -0.4 is 10.4 Å². The summed E-state index contributed by atoms with van der Waals surface area (Å²) in [5, 5.41) is 10.7. The molecule has 2 heterocycles. The van der Waals surface area contributed by atoms with Crippen LogP contribution in [0, 0.1) is 6.92 Å².